The first-order valence-electron chi connectivity index (χ1n) is 5.91. The van der Waals surface area contributed by atoms with Gasteiger partial charge in [0.2, 0.25) is 0 Å². The van der Waals surface area contributed by atoms with Gasteiger partial charge in [-0.15, -0.1) is 0 Å². The molecule has 2 rings (SSSR count). The zero-order chi connectivity index (χ0) is 12.6. The fraction of sp³-hybridized carbons (Fsp3) is 0.462. The third-order valence-electron chi connectivity index (χ3n) is 2.75. The van der Waals surface area contributed by atoms with E-state index in [-0.39, 0.29) is 17.9 Å². The molecule has 1 atom stereocenters. The normalized spacial score (nSPS) is 13.5. The van der Waals surface area contributed by atoms with Gasteiger partial charge < -0.3 is 10.3 Å². The van der Waals surface area contributed by atoms with Gasteiger partial charge in [0.05, 0.1) is 11.0 Å². The van der Waals surface area contributed by atoms with Crippen LogP contribution in [-0.2, 0) is 6.42 Å². The van der Waals surface area contributed by atoms with Gasteiger partial charge >= 0.3 is 0 Å². The molecule has 17 heavy (non-hydrogen) atoms. The molecule has 0 bridgehead atoms. The van der Waals surface area contributed by atoms with E-state index in [1.165, 1.54) is 12.1 Å². The van der Waals surface area contributed by atoms with Gasteiger partial charge in [-0.3, -0.25) is 0 Å². The molecule has 4 heteroatoms. The van der Waals surface area contributed by atoms with E-state index in [2.05, 4.69) is 23.4 Å². The van der Waals surface area contributed by atoms with Gasteiger partial charge in [-0.2, -0.15) is 0 Å². The van der Waals surface area contributed by atoms with Crippen molar-refractivity contribution in [2.24, 2.45) is 5.73 Å². The first kappa shape index (κ1) is 12.0. The molecule has 0 spiro atoms. The van der Waals surface area contributed by atoms with Crippen molar-refractivity contribution < 1.29 is 4.39 Å². The fourth-order valence-electron chi connectivity index (χ4n) is 2.12. The minimum atomic E-state index is -0.230. The Morgan fingerprint density at radius 1 is 1.35 bits per heavy atom. The van der Waals surface area contributed by atoms with Crippen LogP contribution in [0.2, 0.25) is 0 Å². The first-order valence-corrected chi connectivity index (χ1v) is 5.91. The Labute approximate surface area is 100 Å². The zero-order valence-corrected chi connectivity index (χ0v) is 10.4. The summed E-state index contributed by atoms with van der Waals surface area (Å²) in [6.07, 6.45) is 0.703. The van der Waals surface area contributed by atoms with Crippen LogP contribution in [0.15, 0.2) is 18.2 Å². The SMILES string of the molecule is CC(N)Cc1nc2ccc(F)cc2n1C(C)C. The van der Waals surface area contributed by atoms with Crippen LogP contribution < -0.4 is 5.73 Å². The molecular formula is C13H18FN3. The second-order valence-electron chi connectivity index (χ2n) is 4.81. The molecule has 1 unspecified atom stereocenters. The summed E-state index contributed by atoms with van der Waals surface area (Å²) in [7, 11) is 0. The lowest BCUT2D eigenvalue weighted by molar-refractivity contribution is 0.563. The van der Waals surface area contributed by atoms with Crippen LogP contribution in [0, 0.1) is 5.82 Å². The van der Waals surface area contributed by atoms with Gasteiger partial charge in [-0.25, -0.2) is 9.37 Å². The number of imidazole rings is 1. The molecule has 2 aromatic rings. The van der Waals surface area contributed by atoms with Crippen LogP contribution in [0.3, 0.4) is 0 Å². The standard InChI is InChI=1S/C13H18FN3/c1-8(2)17-12-7-10(14)4-5-11(12)16-13(17)6-9(3)15/h4-5,7-9H,6,15H2,1-3H3. The molecule has 0 aliphatic carbocycles. The average Bonchev–Trinajstić information content (AvgIpc) is 2.53. The minimum absolute atomic E-state index is 0.0501. The number of nitrogens with zero attached hydrogens (tertiary/aromatic N) is 2. The molecule has 0 radical (unpaired) electrons. The van der Waals surface area contributed by atoms with Gasteiger partial charge in [-0.05, 0) is 39.0 Å². The van der Waals surface area contributed by atoms with E-state index in [1.54, 1.807) is 6.07 Å². The monoisotopic (exact) mass is 235 g/mol. The van der Waals surface area contributed by atoms with Crippen LogP contribution in [0.5, 0.6) is 0 Å². The van der Waals surface area contributed by atoms with Crippen molar-refractivity contribution in [1.29, 1.82) is 0 Å². The van der Waals surface area contributed by atoms with E-state index in [4.69, 9.17) is 5.73 Å². The first-order chi connectivity index (χ1) is 7.99. The number of aromatic nitrogens is 2. The second-order valence-corrected chi connectivity index (χ2v) is 4.81. The summed E-state index contributed by atoms with van der Waals surface area (Å²) in [6.45, 7) is 6.08. The molecule has 1 heterocycles. The average molecular weight is 235 g/mol. The number of nitrogens with two attached hydrogens (primary N) is 1. The Hall–Kier alpha value is -1.42. The van der Waals surface area contributed by atoms with Crippen molar-refractivity contribution in [2.45, 2.75) is 39.3 Å². The number of halogens is 1. The van der Waals surface area contributed by atoms with Gasteiger partial charge in [0, 0.05) is 18.5 Å². The van der Waals surface area contributed by atoms with Gasteiger partial charge in [-0.1, -0.05) is 0 Å². The molecule has 3 nitrogen and oxygen atoms in total. The lowest BCUT2D eigenvalue weighted by Crippen LogP contribution is -2.21. The minimum Gasteiger partial charge on any atom is -0.328 e. The highest BCUT2D eigenvalue weighted by atomic mass is 19.1. The van der Waals surface area contributed by atoms with Gasteiger partial charge in [0.25, 0.3) is 0 Å². The molecule has 0 amide bonds. The van der Waals surface area contributed by atoms with E-state index in [0.717, 1.165) is 16.9 Å². The summed E-state index contributed by atoms with van der Waals surface area (Å²) in [4.78, 5) is 4.53. The van der Waals surface area contributed by atoms with Crippen molar-refractivity contribution in [3.63, 3.8) is 0 Å². The van der Waals surface area contributed by atoms with Crippen LogP contribution >= 0.6 is 0 Å². The van der Waals surface area contributed by atoms with E-state index in [9.17, 15) is 4.39 Å². The Kier molecular flexibility index (Phi) is 3.15. The van der Waals surface area contributed by atoms with E-state index in [1.807, 2.05) is 6.92 Å². The van der Waals surface area contributed by atoms with E-state index in [0.29, 0.717) is 6.42 Å². The maximum atomic E-state index is 13.3. The molecule has 1 aromatic heterocycles. The smallest absolute Gasteiger partial charge is 0.125 e. The molecule has 0 saturated carbocycles. The predicted octanol–water partition coefficient (Wildman–Crippen LogP) is 2.65. The van der Waals surface area contributed by atoms with Crippen molar-refractivity contribution in [2.75, 3.05) is 0 Å². The molecule has 2 N–H and O–H groups in total. The van der Waals surface area contributed by atoms with Crippen molar-refractivity contribution in [1.82, 2.24) is 9.55 Å². The van der Waals surface area contributed by atoms with Crippen LogP contribution in [0.4, 0.5) is 4.39 Å². The third-order valence-corrected chi connectivity index (χ3v) is 2.75. The Bertz CT molecular complexity index is 529. The molecular weight excluding hydrogens is 217 g/mol. The van der Waals surface area contributed by atoms with Gasteiger partial charge in [0.15, 0.2) is 0 Å². The molecule has 0 aliphatic heterocycles. The third kappa shape index (κ3) is 2.31. The largest absolute Gasteiger partial charge is 0.328 e. The van der Waals surface area contributed by atoms with Crippen molar-refractivity contribution >= 4 is 11.0 Å². The summed E-state index contributed by atoms with van der Waals surface area (Å²) < 4.78 is 15.3. The number of benzene rings is 1. The summed E-state index contributed by atoms with van der Waals surface area (Å²) >= 11 is 0. The molecule has 0 fully saturated rings. The number of hydrogen-bond acceptors (Lipinski definition) is 2. The van der Waals surface area contributed by atoms with Crippen molar-refractivity contribution in [3.05, 3.63) is 29.8 Å². The number of hydrogen-bond donors (Lipinski definition) is 1. The summed E-state index contributed by atoms with van der Waals surface area (Å²) in [5.41, 5.74) is 7.49. The van der Waals surface area contributed by atoms with Gasteiger partial charge in [0.1, 0.15) is 11.6 Å². The highest BCUT2D eigenvalue weighted by Gasteiger charge is 2.14. The summed E-state index contributed by atoms with van der Waals surface area (Å²) in [6, 6.07) is 4.99. The summed E-state index contributed by atoms with van der Waals surface area (Å²) in [5, 5.41) is 0. The lowest BCUT2D eigenvalue weighted by atomic mass is 10.2. The maximum absolute atomic E-state index is 13.3. The predicted molar refractivity (Wildman–Crippen MR) is 67.4 cm³/mol. The Morgan fingerprint density at radius 2 is 2.06 bits per heavy atom. The Morgan fingerprint density at radius 3 is 2.65 bits per heavy atom. The van der Waals surface area contributed by atoms with Crippen LogP contribution in [0.1, 0.15) is 32.6 Å². The quantitative estimate of drug-likeness (QED) is 0.888. The van der Waals surface area contributed by atoms with Crippen molar-refractivity contribution in [3.8, 4) is 0 Å². The number of rotatable bonds is 3. The highest BCUT2D eigenvalue weighted by Crippen LogP contribution is 2.22. The molecule has 0 aliphatic rings. The zero-order valence-electron chi connectivity index (χ0n) is 10.4. The molecule has 0 saturated heterocycles. The lowest BCUT2D eigenvalue weighted by Gasteiger charge is -2.14. The summed E-state index contributed by atoms with van der Waals surface area (Å²) in [5.74, 6) is 0.697. The molecule has 92 valence electrons. The maximum Gasteiger partial charge on any atom is 0.125 e. The Balaban J connectivity index is 2.63. The topological polar surface area (TPSA) is 43.8 Å². The highest BCUT2D eigenvalue weighted by molar-refractivity contribution is 5.76. The van der Waals surface area contributed by atoms with E-state index >= 15 is 0 Å². The van der Waals surface area contributed by atoms with E-state index < -0.39 is 0 Å². The molecule has 1 aromatic carbocycles. The van der Waals surface area contributed by atoms with Crippen LogP contribution in [-0.4, -0.2) is 15.6 Å². The van der Waals surface area contributed by atoms with Crippen LogP contribution in [0.25, 0.3) is 11.0 Å². The number of fused-ring (bicyclic) bond motifs is 1. The fourth-order valence-corrected chi connectivity index (χ4v) is 2.12. The second kappa shape index (κ2) is 4.45.